The van der Waals surface area contributed by atoms with E-state index in [0.717, 1.165) is 6.20 Å². The summed E-state index contributed by atoms with van der Waals surface area (Å²) in [6.07, 6.45) is 2.42. The number of pyridine rings is 1. The molecule has 0 N–H and O–H groups in total. The molecule has 0 bridgehead atoms. The first-order valence-corrected chi connectivity index (χ1v) is 7.67. The monoisotopic (exact) mass is 420 g/mol. The topological polar surface area (TPSA) is 82.2 Å². The predicted octanol–water partition coefficient (Wildman–Crippen LogP) is 3.23. The van der Waals surface area contributed by atoms with Gasteiger partial charge >= 0.3 is 5.69 Å². The number of ketones is 1. The molecule has 2 aromatic rings. The predicted molar refractivity (Wildman–Crippen MR) is 81.4 cm³/mol. The smallest absolute Gasteiger partial charge is 0.333 e. The number of nitro groups is 1. The molecule has 0 aliphatic rings. The van der Waals surface area contributed by atoms with E-state index in [-0.39, 0.29) is 16.8 Å². The fourth-order valence-electron chi connectivity index (χ4n) is 1.53. The van der Waals surface area contributed by atoms with Crippen LogP contribution in [0.2, 0.25) is 0 Å². The molecule has 2 heterocycles. The van der Waals surface area contributed by atoms with E-state index in [1.165, 1.54) is 22.1 Å². The number of hydrogen-bond donors (Lipinski definition) is 0. The van der Waals surface area contributed by atoms with Crippen molar-refractivity contribution >= 4 is 54.7 Å². The van der Waals surface area contributed by atoms with Crippen LogP contribution in [0, 0.1) is 10.1 Å². The number of Topliss-reactive ketones (excluding diaryl/α,β-unsaturated/α-hetero) is 1. The Hall–Kier alpha value is -1.32. The third-order valence-corrected chi connectivity index (χ3v) is 4.85. The molecule has 9 heteroatoms. The Morgan fingerprint density at radius 1 is 1.35 bits per heavy atom. The number of carbonyl (C=O) groups is 1. The number of hydrogen-bond acceptors (Lipinski definition) is 5. The van der Waals surface area contributed by atoms with Gasteiger partial charge in [-0.2, -0.15) is 0 Å². The van der Waals surface area contributed by atoms with Gasteiger partial charge in [0.15, 0.2) is 5.78 Å². The van der Waals surface area contributed by atoms with Gasteiger partial charge < -0.3 is 4.57 Å². The van der Waals surface area contributed by atoms with Gasteiger partial charge in [-0.1, -0.05) is 0 Å². The van der Waals surface area contributed by atoms with Crippen molar-refractivity contribution < 1.29 is 9.72 Å². The molecule has 0 atom stereocenters. The van der Waals surface area contributed by atoms with Crippen molar-refractivity contribution in [1.29, 1.82) is 0 Å². The van der Waals surface area contributed by atoms with E-state index in [2.05, 4.69) is 31.9 Å². The van der Waals surface area contributed by atoms with Gasteiger partial charge in [0.2, 0.25) is 0 Å². The lowest BCUT2D eigenvalue weighted by atomic mass is 10.3. The molecule has 0 aliphatic heterocycles. The SMILES string of the molecule is O=C(Cn1cc(Br)c(=O)c([N+](=O)[O-])c1)c1sccc1Br. The summed E-state index contributed by atoms with van der Waals surface area (Å²) in [6, 6.07) is 1.75. The van der Waals surface area contributed by atoms with Crippen LogP contribution in [0.5, 0.6) is 0 Å². The molecule has 0 fully saturated rings. The van der Waals surface area contributed by atoms with Gasteiger partial charge in [-0.15, -0.1) is 11.3 Å². The van der Waals surface area contributed by atoms with Gasteiger partial charge in [0.05, 0.1) is 27.0 Å². The van der Waals surface area contributed by atoms with Crippen LogP contribution in [0.1, 0.15) is 9.67 Å². The van der Waals surface area contributed by atoms with Crippen molar-refractivity contribution in [3.05, 3.63) is 58.0 Å². The van der Waals surface area contributed by atoms with E-state index in [0.29, 0.717) is 9.35 Å². The van der Waals surface area contributed by atoms with Gasteiger partial charge in [0, 0.05) is 10.7 Å². The largest absolute Gasteiger partial charge is 0.339 e. The van der Waals surface area contributed by atoms with E-state index >= 15 is 0 Å². The van der Waals surface area contributed by atoms with E-state index in [1.54, 1.807) is 11.4 Å². The van der Waals surface area contributed by atoms with Gasteiger partial charge in [-0.25, -0.2) is 0 Å². The number of thiophene rings is 1. The average Bonchev–Trinajstić information content (AvgIpc) is 2.79. The maximum absolute atomic E-state index is 12.1. The minimum Gasteiger partial charge on any atom is -0.339 e. The van der Waals surface area contributed by atoms with Crippen molar-refractivity contribution in [3.63, 3.8) is 0 Å². The zero-order valence-corrected chi connectivity index (χ0v) is 13.7. The van der Waals surface area contributed by atoms with E-state index in [1.807, 2.05) is 0 Å². The lowest BCUT2D eigenvalue weighted by Crippen LogP contribution is -2.16. The van der Waals surface area contributed by atoms with E-state index < -0.39 is 16.0 Å². The molecule has 2 rings (SSSR count). The molecule has 0 radical (unpaired) electrons. The first-order chi connectivity index (χ1) is 9.40. The lowest BCUT2D eigenvalue weighted by molar-refractivity contribution is -0.386. The fraction of sp³-hybridized carbons (Fsp3) is 0.0909. The molecule has 0 aliphatic carbocycles. The molecule has 0 saturated heterocycles. The summed E-state index contributed by atoms with van der Waals surface area (Å²) >= 11 is 7.50. The minimum absolute atomic E-state index is 0.0461. The van der Waals surface area contributed by atoms with Crippen LogP contribution in [0.4, 0.5) is 5.69 Å². The van der Waals surface area contributed by atoms with Gasteiger partial charge in [0.25, 0.3) is 5.43 Å². The van der Waals surface area contributed by atoms with Crippen LogP contribution in [0.25, 0.3) is 0 Å². The highest BCUT2D eigenvalue weighted by Gasteiger charge is 2.18. The average molecular weight is 422 g/mol. The molecular weight excluding hydrogens is 416 g/mol. The Labute approximate surface area is 133 Å². The fourth-order valence-corrected chi connectivity index (χ4v) is 3.52. The minimum atomic E-state index is -0.769. The molecule has 2 aromatic heterocycles. The lowest BCUT2D eigenvalue weighted by Gasteiger charge is -2.05. The van der Waals surface area contributed by atoms with Crippen LogP contribution < -0.4 is 5.43 Å². The quantitative estimate of drug-likeness (QED) is 0.431. The molecule has 0 aromatic carbocycles. The first kappa shape index (κ1) is 15.1. The molecular formula is C11H6Br2N2O4S. The van der Waals surface area contributed by atoms with Crippen LogP contribution in [-0.2, 0) is 6.54 Å². The second-order valence-electron chi connectivity index (χ2n) is 3.77. The molecule has 0 spiro atoms. The highest BCUT2D eigenvalue weighted by Crippen LogP contribution is 2.23. The van der Waals surface area contributed by atoms with E-state index in [4.69, 9.17) is 0 Å². The standard InChI is InChI=1S/C11H6Br2N2O4S/c12-6-1-2-20-11(6)9(16)5-14-3-7(13)10(17)8(4-14)15(18)19/h1-4H,5H2. The molecule has 104 valence electrons. The summed E-state index contributed by atoms with van der Waals surface area (Å²) < 4.78 is 2.05. The van der Waals surface area contributed by atoms with Crippen molar-refractivity contribution in [3.8, 4) is 0 Å². The summed E-state index contributed by atoms with van der Waals surface area (Å²) in [5.41, 5.74) is -1.28. The third-order valence-electron chi connectivity index (χ3n) is 2.41. The maximum atomic E-state index is 12.1. The van der Waals surface area contributed by atoms with Crippen molar-refractivity contribution in [1.82, 2.24) is 4.57 Å². The summed E-state index contributed by atoms with van der Waals surface area (Å²) in [4.78, 5) is 34.1. The summed E-state index contributed by atoms with van der Waals surface area (Å²) in [6.45, 7) is -0.0845. The summed E-state index contributed by atoms with van der Waals surface area (Å²) in [5.74, 6) is -0.197. The second kappa shape index (κ2) is 5.98. The number of aromatic nitrogens is 1. The maximum Gasteiger partial charge on any atom is 0.333 e. The normalized spacial score (nSPS) is 10.5. The highest BCUT2D eigenvalue weighted by molar-refractivity contribution is 9.10. The first-order valence-electron chi connectivity index (χ1n) is 5.20. The third kappa shape index (κ3) is 3.05. The summed E-state index contributed by atoms with van der Waals surface area (Å²) in [5, 5.41) is 12.5. The number of carbonyl (C=O) groups excluding carboxylic acids is 1. The van der Waals surface area contributed by atoms with Crippen molar-refractivity contribution in [2.75, 3.05) is 0 Å². The van der Waals surface area contributed by atoms with Gasteiger partial charge in [0.1, 0.15) is 0 Å². The Balaban J connectivity index is 2.35. The Morgan fingerprint density at radius 2 is 2.05 bits per heavy atom. The zero-order valence-electron chi connectivity index (χ0n) is 9.71. The Bertz CT molecular complexity index is 753. The van der Waals surface area contributed by atoms with E-state index in [9.17, 15) is 19.7 Å². The zero-order chi connectivity index (χ0) is 14.9. The Morgan fingerprint density at radius 3 is 2.60 bits per heavy atom. The van der Waals surface area contributed by atoms with Crippen LogP contribution in [0.3, 0.4) is 0 Å². The second-order valence-corrected chi connectivity index (χ2v) is 6.40. The highest BCUT2D eigenvalue weighted by atomic mass is 79.9. The Kier molecular flexibility index (Phi) is 4.51. The van der Waals surface area contributed by atoms with Crippen LogP contribution in [0.15, 0.2) is 37.6 Å². The van der Waals surface area contributed by atoms with Crippen molar-refractivity contribution in [2.24, 2.45) is 0 Å². The van der Waals surface area contributed by atoms with Crippen LogP contribution in [-0.4, -0.2) is 15.3 Å². The molecule has 0 amide bonds. The number of halogens is 2. The molecule has 0 unspecified atom stereocenters. The number of nitrogens with zero attached hydrogens (tertiary/aromatic N) is 2. The molecule has 6 nitrogen and oxygen atoms in total. The molecule has 20 heavy (non-hydrogen) atoms. The number of rotatable bonds is 4. The van der Waals surface area contributed by atoms with Crippen LogP contribution >= 0.6 is 43.2 Å². The van der Waals surface area contributed by atoms with Gasteiger partial charge in [-0.3, -0.25) is 19.7 Å². The molecule has 0 saturated carbocycles. The van der Waals surface area contributed by atoms with Gasteiger partial charge in [-0.05, 0) is 43.3 Å². The van der Waals surface area contributed by atoms with Crippen molar-refractivity contribution in [2.45, 2.75) is 6.54 Å². The summed E-state index contributed by atoms with van der Waals surface area (Å²) in [7, 11) is 0.